The molecule has 0 amide bonds. The van der Waals surface area contributed by atoms with Crippen molar-refractivity contribution in [1.29, 1.82) is 0 Å². The lowest BCUT2D eigenvalue weighted by atomic mass is 10.2. The van der Waals surface area contributed by atoms with E-state index in [9.17, 15) is 4.79 Å². The predicted octanol–water partition coefficient (Wildman–Crippen LogP) is -0.589. The SMILES string of the molecule is C[C@@H](NC1CCNC1)C(=O)O. The molecule has 1 saturated heterocycles. The van der Waals surface area contributed by atoms with Gasteiger partial charge in [-0.3, -0.25) is 4.79 Å². The summed E-state index contributed by atoms with van der Waals surface area (Å²) in [4.78, 5) is 10.4. The molecule has 1 aliphatic heterocycles. The van der Waals surface area contributed by atoms with Gasteiger partial charge in [-0.1, -0.05) is 0 Å². The van der Waals surface area contributed by atoms with Gasteiger partial charge in [-0.2, -0.15) is 0 Å². The van der Waals surface area contributed by atoms with E-state index in [4.69, 9.17) is 5.11 Å². The van der Waals surface area contributed by atoms with Crippen LogP contribution in [0, 0.1) is 0 Å². The van der Waals surface area contributed by atoms with Crippen molar-refractivity contribution in [2.75, 3.05) is 13.1 Å². The number of nitrogens with one attached hydrogen (secondary N) is 2. The third-order valence-corrected chi connectivity index (χ3v) is 1.92. The Labute approximate surface area is 66.0 Å². The molecule has 3 N–H and O–H groups in total. The molecule has 1 aliphatic rings. The molecule has 0 aromatic heterocycles. The Balaban J connectivity index is 2.23. The first-order chi connectivity index (χ1) is 5.20. The van der Waals surface area contributed by atoms with E-state index in [-0.39, 0.29) is 0 Å². The molecule has 1 unspecified atom stereocenters. The topological polar surface area (TPSA) is 61.4 Å². The Morgan fingerprint density at radius 2 is 2.55 bits per heavy atom. The lowest BCUT2D eigenvalue weighted by Crippen LogP contribution is -2.42. The van der Waals surface area contributed by atoms with Gasteiger partial charge in [0.15, 0.2) is 0 Å². The minimum atomic E-state index is -0.781. The van der Waals surface area contributed by atoms with E-state index in [2.05, 4.69) is 10.6 Å². The van der Waals surface area contributed by atoms with Crippen molar-refractivity contribution < 1.29 is 9.90 Å². The van der Waals surface area contributed by atoms with Crippen LogP contribution in [0.4, 0.5) is 0 Å². The molecular formula is C7H14N2O2. The number of hydrogen-bond donors (Lipinski definition) is 3. The van der Waals surface area contributed by atoms with Crippen LogP contribution in [0.5, 0.6) is 0 Å². The molecule has 0 aromatic rings. The number of carbonyl (C=O) groups is 1. The van der Waals surface area contributed by atoms with E-state index >= 15 is 0 Å². The first-order valence-corrected chi connectivity index (χ1v) is 3.89. The van der Waals surface area contributed by atoms with Gasteiger partial charge < -0.3 is 15.7 Å². The van der Waals surface area contributed by atoms with Crippen LogP contribution < -0.4 is 10.6 Å². The van der Waals surface area contributed by atoms with Crippen LogP contribution in [-0.2, 0) is 4.79 Å². The lowest BCUT2D eigenvalue weighted by molar-refractivity contribution is -0.139. The molecule has 1 fully saturated rings. The third-order valence-electron chi connectivity index (χ3n) is 1.92. The number of hydrogen-bond acceptors (Lipinski definition) is 3. The fourth-order valence-electron chi connectivity index (χ4n) is 1.22. The number of aliphatic carboxylic acids is 1. The minimum Gasteiger partial charge on any atom is -0.480 e. The second kappa shape index (κ2) is 3.69. The predicted molar refractivity (Wildman–Crippen MR) is 41.5 cm³/mol. The minimum absolute atomic E-state index is 0.334. The van der Waals surface area contributed by atoms with Gasteiger partial charge in [0.1, 0.15) is 6.04 Å². The van der Waals surface area contributed by atoms with Crippen LogP contribution in [-0.4, -0.2) is 36.2 Å². The quantitative estimate of drug-likeness (QED) is 0.514. The standard InChI is InChI=1S/C7H14N2O2/c1-5(7(10)11)9-6-2-3-8-4-6/h5-6,8-9H,2-4H2,1H3,(H,10,11)/t5-,6?/m1/s1. The summed E-state index contributed by atoms with van der Waals surface area (Å²) in [5.41, 5.74) is 0. The molecule has 0 aliphatic carbocycles. The van der Waals surface area contributed by atoms with Crippen molar-refractivity contribution in [2.24, 2.45) is 0 Å². The highest BCUT2D eigenvalue weighted by molar-refractivity contribution is 5.72. The number of carboxylic acid groups (broad SMARTS) is 1. The molecule has 4 heteroatoms. The molecule has 1 heterocycles. The van der Waals surface area contributed by atoms with Gasteiger partial charge in [-0.05, 0) is 19.9 Å². The van der Waals surface area contributed by atoms with Gasteiger partial charge in [0.2, 0.25) is 0 Å². The third kappa shape index (κ3) is 2.48. The summed E-state index contributed by atoms with van der Waals surface area (Å²) in [6.07, 6.45) is 1.03. The highest BCUT2D eigenvalue weighted by Crippen LogP contribution is 1.98. The van der Waals surface area contributed by atoms with E-state index in [0.29, 0.717) is 6.04 Å². The van der Waals surface area contributed by atoms with Gasteiger partial charge in [-0.15, -0.1) is 0 Å². The van der Waals surface area contributed by atoms with Crippen LogP contribution >= 0.6 is 0 Å². The van der Waals surface area contributed by atoms with E-state index in [1.165, 1.54) is 0 Å². The fraction of sp³-hybridized carbons (Fsp3) is 0.857. The van der Waals surface area contributed by atoms with Crippen molar-refractivity contribution in [3.8, 4) is 0 Å². The highest BCUT2D eigenvalue weighted by Gasteiger charge is 2.19. The Kier molecular flexibility index (Phi) is 2.84. The zero-order valence-corrected chi connectivity index (χ0v) is 6.63. The van der Waals surface area contributed by atoms with Crippen molar-refractivity contribution >= 4 is 5.97 Å². The summed E-state index contributed by atoms with van der Waals surface area (Å²) in [7, 11) is 0. The summed E-state index contributed by atoms with van der Waals surface area (Å²) in [6.45, 7) is 3.54. The molecule has 0 bridgehead atoms. The summed E-state index contributed by atoms with van der Waals surface area (Å²) in [5, 5.41) is 14.7. The molecule has 0 saturated carbocycles. The van der Waals surface area contributed by atoms with Crippen LogP contribution in [0.15, 0.2) is 0 Å². The van der Waals surface area contributed by atoms with Crippen molar-refractivity contribution in [2.45, 2.75) is 25.4 Å². The molecule has 1 rings (SSSR count). The summed E-state index contributed by atoms with van der Waals surface area (Å²) in [6, 6.07) is -0.0963. The largest absolute Gasteiger partial charge is 0.480 e. The molecular weight excluding hydrogens is 144 g/mol. The van der Waals surface area contributed by atoms with Gasteiger partial charge >= 0.3 is 5.97 Å². The molecule has 4 nitrogen and oxygen atoms in total. The van der Waals surface area contributed by atoms with Crippen LogP contribution in [0.1, 0.15) is 13.3 Å². The smallest absolute Gasteiger partial charge is 0.320 e. The maximum atomic E-state index is 10.4. The molecule has 0 aromatic carbocycles. The molecule has 11 heavy (non-hydrogen) atoms. The average molecular weight is 158 g/mol. The van der Waals surface area contributed by atoms with Gasteiger partial charge in [0.25, 0.3) is 0 Å². The van der Waals surface area contributed by atoms with Crippen molar-refractivity contribution in [3.63, 3.8) is 0 Å². The number of rotatable bonds is 3. The van der Waals surface area contributed by atoms with Gasteiger partial charge in [-0.25, -0.2) is 0 Å². The first-order valence-electron chi connectivity index (χ1n) is 3.89. The molecule has 0 radical (unpaired) electrons. The molecule has 2 atom stereocenters. The maximum absolute atomic E-state index is 10.4. The fourth-order valence-corrected chi connectivity index (χ4v) is 1.22. The average Bonchev–Trinajstić information content (AvgIpc) is 2.39. The van der Waals surface area contributed by atoms with Crippen LogP contribution in [0.25, 0.3) is 0 Å². The Morgan fingerprint density at radius 3 is 3.00 bits per heavy atom. The Bertz CT molecular complexity index is 143. The molecule has 0 spiro atoms. The second-order valence-electron chi connectivity index (χ2n) is 2.92. The van der Waals surface area contributed by atoms with E-state index < -0.39 is 12.0 Å². The monoisotopic (exact) mass is 158 g/mol. The van der Waals surface area contributed by atoms with E-state index in [0.717, 1.165) is 19.5 Å². The Morgan fingerprint density at radius 1 is 1.82 bits per heavy atom. The molecule has 64 valence electrons. The van der Waals surface area contributed by atoms with Crippen molar-refractivity contribution in [3.05, 3.63) is 0 Å². The normalized spacial score (nSPS) is 26.8. The van der Waals surface area contributed by atoms with E-state index in [1.807, 2.05) is 0 Å². The van der Waals surface area contributed by atoms with Crippen LogP contribution in [0.2, 0.25) is 0 Å². The highest BCUT2D eigenvalue weighted by atomic mass is 16.4. The van der Waals surface area contributed by atoms with Gasteiger partial charge in [0, 0.05) is 12.6 Å². The van der Waals surface area contributed by atoms with Gasteiger partial charge in [0.05, 0.1) is 0 Å². The summed E-state index contributed by atoms with van der Waals surface area (Å²) >= 11 is 0. The Hall–Kier alpha value is -0.610. The second-order valence-corrected chi connectivity index (χ2v) is 2.92. The zero-order valence-electron chi connectivity index (χ0n) is 6.63. The maximum Gasteiger partial charge on any atom is 0.320 e. The summed E-state index contributed by atoms with van der Waals surface area (Å²) < 4.78 is 0. The zero-order chi connectivity index (χ0) is 8.27. The first kappa shape index (κ1) is 8.49. The summed E-state index contributed by atoms with van der Waals surface area (Å²) in [5.74, 6) is -0.781. The van der Waals surface area contributed by atoms with Crippen molar-refractivity contribution in [1.82, 2.24) is 10.6 Å². The van der Waals surface area contributed by atoms with E-state index in [1.54, 1.807) is 6.92 Å². The lowest BCUT2D eigenvalue weighted by Gasteiger charge is -2.14. The number of carboxylic acids is 1. The van der Waals surface area contributed by atoms with Crippen LogP contribution in [0.3, 0.4) is 0 Å².